The van der Waals surface area contributed by atoms with E-state index in [0.717, 1.165) is 23.6 Å². The van der Waals surface area contributed by atoms with E-state index in [0.29, 0.717) is 0 Å². The molecule has 0 saturated heterocycles. The minimum atomic E-state index is 0.867. The Bertz CT molecular complexity index is 1050. The molecule has 0 aliphatic carbocycles. The van der Waals surface area contributed by atoms with E-state index in [9.17, 15) is 0 Å². The van der Waals surface area contributed by atoms with Crippen molar-refractivity contribution in [1.29, 1.82) is 0 Å². The first-order chi connectivity index (χ1) is 13.3. The number of methoxy groups -OCH3 is 1. The third-order valence-corrected chi connectivity index (χ3v) is 5.28. The van der Waals surface area contributed by atoms with Gasteiger partial charge in [0.15, 0.2) is 0 Å². The second-order valence-corrected chi connectivity index (χ2v) is 7.01. The lowest BCUT2D eigenvalue weighted by molar-refractivity contribution is 0.415. The number of benzene rings is 2. The fourth-order valence-corrected chi connectivity index (χ4v) is 3.89. The minimum absolute atomic E-state index is 0.867. The molecule has 0 spiro atoms. The molecule has 0 bridgehead atoms. The number of hydrogen-bond acceptors (Lipinski definition) is 2. The first-order valence-electron chi connectivity index (χ1n) is 9.84. The van der Waals surface area contributed by atoms with Gasteiger partial charge in [-0.1, -0.05) is 44.4 Å². The van der Waals surface area contributed by atoms with Crippen molar-refractivity contribution in [3.05, 3.63) is 60.8 Å². The minimum Gasteiger partial charge on any atom is -0.497 e. The predicted octanol–water partition coefficient (Wildman–Crippen LogP) is 6.45. The van der Waals surface area contributed by atoms with Gasteiger partial charge in [-0.15, -0.1) is 0 Å². The largest absolute Gasteiger partial charge is 0.497 e. The van der Waals surface area contributed by atoms with Gasteiger partial charge >= 0.3 is 0 Å². The maximum atomic E-state index is 5.31. The van der Waals surface area contributed by atoms with Crippen molar-refractivity contribution in [2.45, 2.75) is 39.2 Å². The van der Waals surface area contributed by atoms with Crippen molar-refractivity contribution >= 4 is 21.8 Å². The number of nitrogens with zero attached hydrogens (tertiary/aromatic N) is 2. The average Bonchev–Trinajstić information content (AvgIpc) is 3.05. The third kappa shape index (κ3) is 3.30. The van der Waals surface area contributed by atoms with Crippen LogP contribution in [-0.2, 0) is 6.54 Å². The fraction of sp³-hybridized carbons (Fsp3) is 0.292. The zero-order valence-corrected chi connectivity index (χ0v) is 16.1. The van der Waals surface area contributed by atoms with Gasteiger partial charge in [-0.2, -0.15) is 0 Å². The van der Waals surface area contributed by atoms with Crippen LogP contribution < -0.4 is 4.74 Å². The summed E-state index contributed by atoms with van der Waals surface area (Å²) in [5.74, 6) is 0.867. The zero-order chi connectivity index (χ0) is 18.6. The zero-order valence-electron chi connectivity index (χ0n) is 16.1. The van der Waals surface area contributed by atoms with Gasteiger partial charge in [-0.05, 0) is 42.8 Å². The molecular weight excluding hydrogens is 332 g/mol. The fourth-order valence-electron chi connectivity index (χ4n) is 3.89. The lowest BCUT2D eigenvalue weighted by Crippen LogP contribution is -2.00. The summed E-state index contributed by atoms with van der Waals surface area (Å²) in [7, 11) is 1.70. The number of pyridine rings is 1. The molecule has 138 valence electrons. The van der Waals surface area contributed by atoms with Crippen LogP contribution in [0.4, 0.5) is 0 Å². The smallest absolute Gasteiger partial charge is 0.118 e. The molecule has 0 saturated carbocycles. The van der Waals surface area contributed by atoms with E-state index >= 15 is 0 Å². The van der Waals surface area contributed by atoms with Crippen LogP contribution in [0.25, 0.3) is 33.1 Å². The number of aryl methyl sites for hydroxylation is 1. The Morgan fingerprint density at radius 1 is 0.889 bits per heavy atom. The summed E-state index contributed by atoms with van der Waals surface area (Å²) in [4.78, 5) is 4.77. The molecule has 0 atom stereocenters. The molecule has 0 aliphatic rings. The molecule has 0 N–H and O–H groups in total. The van der Waals surface area contributed by atoms with E-state index in [2.05, 4.69) is 54.0 Å². The van der Waals surface area contributed by atoms with Gasteiger partial charge in [0.2, 0.25) is 0 Å². The maximum absolute atomic E-state index is 5.31. The number of unbranched alkanes of at least 4 members (excludes halogenated alkanes) is 3. The molecule has 0 fully saturated rings. The molecular formula is C24H26N2O. The Balaban J connectivity index is 1.89. The summed E-state index contributed by atoms with van der Waals surface area (Å²) >= 11 is 0. The van der Waals surface area contributed by atoms with E-state index in [-0.39, 0.29) is 0 Å². The highest BCUT2D eigenvalue weighted by molar-refractivity contribution is 6.11. The Kier molecular flexibility index (Phi) is 5.10. The van der Waals surface area contributed by atoms with Gasteiger partial charge in [-0.25, -0.2) is 0 Å². The van der Waals surface area contributed by atoms with Crippen LogP contribution in [0.1, 0.15) is 32.6 Å². The number of rotatable bonds is 7. The van der Waals surface area contributed by atoms with E-state index in [1.165, 1.54) is 47.5 Å². The molecule has 3 nitrogen and oxygen atoms in total. The van der Waals surface area contributed by atoms with Gasteiger partial charge in [0.05, 0.1) is 18.3 Å². The van der Waals surface area contributed by atoms with Gasteiger partial charge in [0.1, 0.15) is 5.75 Å². The summed E-state index contributed by atoms with van der Waals surface area (Å²) in [6.45, 7) is 3.28. The standard InChI is InChI=1S/C24H26N2O/c1-3-4-5-8-17-26-22-10-7-6-9-20(22)21-15-16-25-23(24(21)26)18-11-13-19(27-2)14-12-18/h6-7,9-16H,3-5,8,17H2,1-2H3. The Hall–Kier alpha value is -2.81. The second-order valence-electron chi connectivity index (χ2n) is 7.01. The van der Waals surface area contributed by atoms with E-state index in [1.807, 2.05) is 18.3 Å². The highest BCUT2D eigenvalue weighted by Gasteiger charge is 2.15. The van der Waals surface area contributed by atoms with Gasteiger partial charge in [-0.3, -0.25) is 4.98 Å². The lowest BCUT2D eigenvalue weighted by atomic mass is 10.1. The van der Waals surface area contributed by atoms with Crippen LogP contribution >= 0.6 is 0 Å². The first-order valence-corrected chi connectivity index (χ1v) is 9.84. The summed E-state index contributed by atoms with van der Waals surface area (Å²) in [6, 6.07) is 19.0. The lowest BCUT2D eigenvalue weighted by Gasteiger charge is -2.11. The van der Waals surface area contributed by atoms with Gasteiger partial charge in [0, 0.05) is 34.6 Å². The molecule has 2 aromatic carbocycles. The van der Waals surface area contributed by atoms with Crippen LogP contribution in [0, 0.1) is 0 Å². The Labute approximate surface area is 160 Å². The quantitative estimate of drug-likeness (QED) is 0.355. The number of para-hydroxylation sites is 1. The van der Waals surface area contributed by atoms with Crippen molar-refractivity contribution in [2.75, 3.05) is 7.11 Å². The van der Waals surface area contributed by atoms with Crippen LogP contribution in [0.3, 0.4) is 0 Å². The van der Waals surface area contributed by atoms with E-state index in [4.69, 9.17) is 9.72 Å². The number of aromatic nitrogens is 2. The van der Waals surface area contributed by atoms with Crippen molar-refractivity contribution in [1.82, 2.24) is 9.55 Å². The molecule has 0 radical (unpaired) electrons. The molecule has 3 heteroatoms. The van der Waals surface area contributed by atoms with Crippen molar-refractivity contribution in [2.24, 2.45) is 0 Å². The molecule has 27 heavy (non-hydrogen) atoms. The number of fused-ring (bicyclic) bond motifs is 3. The molecule has 4 aromatic rings. The Morgan fingerprint density at radius 2 is 1.70 bits per heavy atom. The summed E-state index contributed by atoms with van der Waals surface area (Å²) in [6.07, 6.45) is 6.93. The maximum Gasteiger partial charge on any atom is 0.118 e. The van der Waals surface area contributed by atoms with Crippen LogP contribution in [-0.4, -0.2) is 16.7 Å². The number of ether oxygens (including phenoxy) is 1. The van der Waals surface area contributed by atoms with Gasteiger partial charge in [0.25, 0.3) is 0 Å². The molecule has 2 aromatic heterocycles. The highest BCUT2D eigenvalue weighted by atomic mass is 16.5. The summed E-state index contributed by atoms with van der Waals surface area (Å²) in [5, 5.41) is 2.59. The molecule has 0 aliphatic heterocycles. The first kappa shape index (κ1) is 17.6. The predicted molar refractivity (Wildman–Crippen MR) is 113 cm³/mol. The Morgan fingerprint density at radius 3 is 2.48 bits per heavy atom. The molecule has 2 heterocycles. The second kappa shape index (κ2) is 7.83. The topological polar surface area (TPSA) is 27.1 Å². The van der Waals surface area contributed by atoms with Gasteiger partial charge < -0.3 is 9.30 Å². The van der Waals surface area contributed by atoms with Crippen molar-refractivity contribution < 1.29 is 4.74 Å². The molecule has 0 unspecified atom stereocenters. The van der Waals surface area contributed by atoms with Crippen LogP contribution in [0.2, 0.25) is 0 Å². The summed E-state index contributed by atoms with van der Waals surface area (Å²) in [5.41, 5.74) is 4.70. The number of hydrogen-bond donors (Lipinski definition) is 0. The third-order valence-electron chi connectivity index (χ3n) is 5.28. The van der Waals surface area contributed by atoms with Crippen LogP contribution in [0.15, 0.2) is 60.8 Å². The SMILES string of the molecule is CCCCCCn1c2ccccc2c2ccnc(-c3ccc(OC)cc3)c21. The van der Waals surface area contributed by atoms with Crippen LogP contribution in [0.5, 0.6) is 5.75 Å². The van der Waals surface area contributed by atoms with Crippen molar-refractivity contribution in [3.8, 4) is 17.0 Å². The monoisotopic (exact) mass is 358 g/mol. The summed E-state index contributed by atoms with van der Waals surface area (Å²) < 4.78 is 7.78. The van der Waals surface area contributed by atoms with E-state index in [1.54, 1.807) is 7.11 Å². The average molecular weight is 358 g/mol. The molecule has 0 amide bonds. The van der Waals surface area contributed by atoms with E-state index < -0.39 is 0 Å². The molecule has 4 rings (SSSR count). The normalized spacial score (nSPS) is 11.3. The van der Waals surface area contributed by atoms with Crippen molar-refractivity contribution in [3.63, 3.8) is 0 Å². The highest BCUT2D eigenvalue weighted by Crippen LogP contribution is 2.35.